The number of nitrogens with one attached hydrogen (secondary N) is 2. The van der Waals surface area contributed by atoms with Gasteiger partial charge in [0.05, 0.1) is 30.5 Å². The topological polar surface area (TPSA) is 157 Å². The van der Waals surface area contributed by atoms with Crippen LogP contribution < -0.4 is 29.7 Å². The van der Waals surface area contributed by atoms with Crippen molar-refractivity contribution < 1.29 is 42.4 Å². The molecule has 12 nitrogen and oxygen atoms in total. The first kappa shape index (κ1) is 37.8. The minimum Gasteiger partial charge on any atom is -0.494 e. The summed E-state index contributed by atoms with van der Waals surface area (Å²) < 4.78 is 38.3. The molecule has 0 aliphatic rings. The summed E-state index contributed by atoms with van der Waals surface area (Å²) in [6.45, 7) is 5.76. The van der Waals surface area contributed by atoms with E-state index in [1.165, 1.54) is 6.07 Å². The lowest BCUT2D eigenvalue weighted by Gasteiger charge is -2.29. The molecule has 0 aliphatic heterocycles. The number of hydrogen-bond donors (Lipinski definition) is 3. The Labute approximate surface area is 292 Å². The van der Waals surface area contributed by atoms with Crippen molar-refractivity contribution in [2.75, 3.05) is 13.3 Å². The summed E-state index contributed by atoms with van der Waals surface area (Å²) in [4.78, 5) is 37.4. The first-order valence-corrected chi connectivity index (χ1v) is 18.2. The monoisotopic (exact) mass is 705 g/mol. The van der Waals surface area contributed by atoms with Crippen molar-refractivity contribution in [3.63, 3.8) is 0 Å². The van der Waals surface area contributed by atoms with Crippen LogP contribution in [0.4, 0.5) is 0 Å². The Bertz CT molecular complexity index is 1690. The average molecular weight is 706 g/mol. The lowest BCUT2D eigenvalue weighted by molar-refractivity contribution is -0.168. The summed E-state index contributed by atoms with van der Waals surface area (Å²) in [7, 11) is -4.06. The van der Waals surface area contributed by atoms with Crippen LogP contribution in [0.1, 0.15) is 63.4 Å². The van der Waals surface area contributed by atoms with Crippen LogP contribution in [-0.2, 0) is 14.2 Å². The van der Waals surface area contributed by atoms with Crippen molar-refractivity contribution in [1.82, 2.24) is 15.7 Å². The summed E-state index contributed by atoms with van der Waals surface area (Å²) in [5.74, 6) is -0.323. The van der Waals surface area contributed by atoms with Crippen LogP contribution in [0.25, 0.3) is 11.3 Å². The summed E-state index contributed by atoms with van der Waals surface area (Å²) in [6.07, 6.45) is 3.74. The summed E-state index contributed by atoms with van der Waals surface area (Å²) >= 11 is 0. The van der Waals surface area contributed by atoms with Crippen LogP contribution in [-0.4, -0.2) is 47.8 Å². The average Bonchev–Trinajstić information content (AvgIpc) is 3.63. The Kier molecular flexibility index (Phi) is 14.1. The summed E-state index contributed by atoms with van der Waals surface area (Å²) in [5, 5.41) is 16.1. The van der Waals surface area contributed by atoms with Crippen molar-refractivity contribution in [2.45, 2.75) is 58.9 Å². The minimum atomic E-state index is -4.06. The zero-order valence-electron chi connectivity index (χ0n) is 28.4. The van der Waals surface area contributed by atoms with Crippen LogP contribution in [0.5, 0.6) is 17.2 Å². The Hall–Kier alpha value is -5.06. The van der Waals surface area contributed by atoms with E-state index in [0.717, 1.165) is 19.3 Å². The highest BCUT2D eigenvalue weighted by atomic mass is 31.2. The molecule has 0 fully saturated rings. The van der Waals surface area contributed by atoms with Gasteiger partial charge in [-0.1, -0.05) is 69.5 Å². The third kappa shape index (κ3) is 10.2. The van der Waals surface area contributed by atoms with E-state index in [-0.39, 0.29) is 23.5 Å². The van der Waals surface area contributed by atoms with E-state index in [9.17, 15) is 24.2 Å². The third-order valence-corrected chi connectivity index (χ3v) is 9.66. The molecule has 4 rings (SSSR count). The maximum absolute atomic E-state index is 14.6. The predicted octanol–water partition coefficient (Wildman–Crippen LogP) is 6.95. The number of carbonyl (C=O) groups excluding carboxylic acids is 3. The molecule has 2 unspecified atom stereocenters. The van der Waals surface area contributed by atoms with Gasteiger partial charge in [-0.05, 0) is 74.4 Å². The van der Waals surface area contributed by atoms with E-state index < -0.39 is 31.4 Å². The molecule has 266 valence electrons. The fraction of sp³-hybridized carbons (Fsp3) is 0.324. The number of hydrogen-bond acceptors (Lipinski definition) is 9. The SMILES string of the molecule is CCCCCC(C(=O)NCNC(=O)c1ccc(-c2cc(OCC)cc(P(=O)(Oc3ccccc3)Oc3ccccc3)c2)o1)C(CC)N(O)C=O. The Morgan fingerprint density at radius 2 is 1.54 bits per heavy atom. The largest absolute Gasteiger partial charge is 0.494 e. The molecule has 13 heteroatoms. The van der Waals surface area contributed by atoms with Crippen molar-refractivity contribution in [1.29, 1.82) is 0 Å². The van der Waals surface area contributed by atoms with Crippen molar-refractivity contribution in [3.8, 4) is 28.6 Å². The van der Waals surface area contributed by atoms with Gasteiger partial charge < -0.3 is 28.8 Å². The maximum Gasteiger partial charge on any atom is 0.462 e. The van der Waals surface area contributed by atoms with Crippen molar-refractivity contribution in [2.24, 2.45) is 5.92 Å². The molecule has 0 aliphatic carbocycles. The van der Waals surface area contributed by atoms with E-state index in [1.807, 2.05) is 26.0 Å². The second-order valence-corrected chi connectivity index (χ2v) is 13.3. The lowest BCUT2D eigenvalue weighted by atomic mass is 9.90. The first-order chi connectivity index (χ1) is 24.2. The molecular weight excluding hydrogens is 661 g/mol. The second-order valence-electron chi connectivity index (χ2n) is 11.4. The van der Waals surface area contributed by atoms with E-state index >= 15 is 0 Å². The minimum absolute atomic E-state index is 0.0321. The van der Waals surface area contributed by atoms with Gasteiger partial charge in [0.1, 0.15) is 23.0 Å². The van der Waals surface area contributed by atoms with Crippen LogP contribution in [0.3, 0.4) is 0 Å². The highest BCUT2D eigenvalue weighted by molar-refractivity contribution is 7.63. The number of benzene rings is 3. The van der Waals surface area contributed by atoms with Gasteiger partial charge in [0, 0.05) is 5.56 Å². The lowest BCUT2D eigenvalue weighted by Crippen LogP contribution is -2.47. The zero-order chi connectivity index (χ0) is 35.9. The Balaban J connectivity index is 1.53. The molecular formula is C37H44N3O9P. The number of ether oxygens (including phenoxy) is 1. The van der Waals surface area contributed by atoms with Crippen molar-refractivity contribution in [3.05, 3.63) is 96.8 Å². The molecule has 4 aromatic rings. The molecule has 0 saturated carbocycles. The van der Waals surface area contributed by atoms with Gasteiger partial charge in [-0.2, -0.15) is 0 Å². The molecule has 0 bridgehead atoms. The summed E-state index contributed by atoms with van der Waals surface area (Å²) in [5.41, 5.74) is 0.455. The number of hydroxylamine groups is 2. The maximum atomic E-state index is 14.6. The molecule has 3 amide bonds. The van der Waals surface area contributed by atoms with Crippen molar-refractivity contribution >= 4 is 31.1 Å². The van der Waals surface area contributed by atoms with Gasteiger partial charge in [0.15, 0.2) is 5.76 Å². The van der Waals surface area contributed by atoms with Crippen LogP contribution in [0.15, 0.2) is 95.4 Å². The molecule has 1 heterocycles. The quantitative estimate of drug-likeness (QED) is 0.0221. The van der Waals surface area contributed by atoms with Gasteiger partial charge in [0.25, 0.3) is 5.91 Å². The standard InChI is InChI=1S/C37H44N3O9P/c1-4-7-10-19-32(33(5-2)40(44)26-41)36(42)38-25-39-37(43)35-21-20-34(47-35)27-22-30(46-6-3)24-31(23-27)50(45,48-28-15-11-8-12-16-28)49-29-17-13-9-14-18-29/h8-9,11-18,20-24,26,32-33,44H,4-7,10,19,25H2,1-3H3,(H,38,42)(H,39,43). The molecule has 2 atom stereocenters. The second kappa shape index (κ2) is 18.6. The Morgan fingerprint density at radius 3 is 2.12 bits per heavy atom. The summed E-state index contributed by atoms with van der Waals surface area (Å²) in [6, 6.07) is 24.6. The van der Waals surface area contributed by atoms with E-state index in [1.54, 1.807) is 79.7 Å². The van der Waals surface area contributed by atoms with Gasteiger partial charge in [0.2, 0.25) is 12.3 Å². The van der Waals surface area contributed by atoms with Crippen LogP contribution in [0, 0.1) is 5.92 Å². The number of rotatable bonds is 20. The number of unbranched alkanes of at least 4 members (excludes halogenated alkanes) is 2. The molecule has 1 aromatic heterocycles. The van der Waals surface area contributed by atoms with Gasteiger partial charge >= 0.3 is 7.60 Å². The fourth-order valence-corrected chi connectivity index (χ4v) is 7.02. The predicted molar refractivity (Wildman–Crippen MR) is 189 cm³/mol. The molecule has 50 heavy (non-hydrogen) atoms. The zero-order valence-corrected chi connectivity index (χ0v) is 29.3. The molecule has 3 aromatic carbocycles. The number of amides is 3. The van der Waals surface area contributed by atoms with Crippen LogP contribution in [0.2, 0.25) is 0 Å². The van der Waals surface area contributed by atoms with Crippen LogP contribution >= 0.6 is 7.60 Å². The fourth-order valence-electron chi connectivity index (χ4n) is 5.39. The number of para-hydroxylation sites is 2. The molecule has 0 spiro atoms. The highest BCUT2D eigenvalue weighted by Crippen LogP contribution is 2.49. The molecule has 3 N–H and O–H groups in total. The smallest absolute Gasteiger partial charge is 0.462 e. The van der Waals surface area contributed by atoms with Gasteiger partial charge in [-0.3, -0.25) is 19.6 Å². The third-order valence-electron chi connectivity index (χ3n) is 7.87. The van der Waals surface area contributed by atoms with Gasteiger partial charge in [-0.25, -0.2) is 9.63 Å². The Morgan fingerprint density at radius 1 is 0.880 bits per heavy atom. The number of nitrogens with zero attached hydrogens (tertiary/aromatic N) is 1. The first-order valence-electron chi connectivity index (χ1n) is 16.7. The molecule has 0 saturated heterocycles. The number of furan rings is 1. The number of carbonyl (C=O) groups is 3. The highest BCUT2D eigenvalue weighted by Gasteiger charge is 2.34. The van der Waals surface area contributed by atoms with Gasteiger partial charge in [-0.15, -0.1) is 0 Å². The molecule has 0 radical (unpaired) electrons. The van der Waals surface area contributed by atoms with E-state index in [0.29, 0.717) is 53.7 Å². The normalized spacial score (nSPS) is 12.3. The van der Waals surface area contributed by atoms with E-state index in [4.69, 9.17) is 18.2 Å². The van der Waals surface area contributed by atoms with E-state index in [2.05, 4.69) is 10.6 Å².